The third-order valence-electron chi connectivity index (χ3n) is 4.63. The van der Waals surface area contributed by atoms with Crippen molar-refractivity contribution in [3.63, 3.8) is 0 Å². The molecule has 1 saturated heterocycles. The largest absolute Gasteiger partial charge is 0.493 e. The van der Waals surface area contributed by atoms with Crippen molar-refractivity contribution in [3.8, 4) is 11.5 Å². The van der Waals surface area contributed by atoms with Crippen molar-refractivity contribution >= 4 is 28.6 Å². The average molecular weight is 392 g/mol. The van der Waals surface area contributed by atoms with Gasteiger partial charge in [0, 0.05) is 38.2 Å². The molecule has 0 spiro atoms. The molecule has 2 heterocycles. The monoisotopic (exact) mass is 392 g/mol. The zero-order chi connectivity index (χ0) is 22.5. The lowest BCUT2D eigenvalue weighted by Crippen LogP contribution is -2.36. The van der Waals surface area contributed by atoms with E-state index in [1.165, 1.54) is 14.2 Å². The second-order valence-corrected chi connectivity index (χ2v) is 6.57. The second-order valence-electron chi connectivity index (χ2n) is 6.57. The number of rotatable bonds is 9. The van der Waals surface area contributed by atoms with Crippen LogP contribution in [0.3, 0.4) is 0 Å². The molecule has 1 aromatic carbocycles. The van der Waals surface area contributed by atoms with Crippen LogP contribution in [-0.4, -0.2) is 62.9 Å². The highest BCUT2D eigenvalue weighted by atomic mass is 16.5. The number of anilines is 2. The van der Waals surface area contributed by atoms with Crippen LogP contribution in [0, 0.1) is 0 Å². The number of carbonyl (C=O) groups excluding carboxylic acids is 1. The number of carbonyl (C=O) groups is 1. The summed E-state index contributed by atoms with van der Waals surface area (Å²) >= 11 is 0. The number of hydrogen-bond acceptors (Lipinski definition) is 8. The molecule has 1 aliphatic rings. The smallest absolute Gasteiger partial charge is 0.249 e. The van der Waals surface area contributed by atoms with E-state index in [1.54, 1.807) is 24.1 Å². The van der Waals surface area contributed by atoms with Crippen molar-refractivity contribution in [1.29, 1.82) is 0 Å². The molecule has 3 N–H and O–H groups in total. The molecule has 9 heteroatoms. The van der Waals surface area contributed by atoms with Crippen molar-refractivity contribution < 1.29 is 23.2 Å². The van der Waals surface area contributed by atoms with Gasteiger partial charge in [-0.05, 0) is 25.3 Å². The van der Waals surface area contributed by atoms with Crippen LogP contribution in [0.1, 0.15) is 19.3 Å². The molecule has 152 valence electrons. The number of methoxy groups -OCH3 is 2. The molecule has 1 fully saturated rings. The van der Waals surface area contributed by atoms with Gasteiger partial charge >= 0.3 is 0 Å². The Morgan fingerprint density at radius 3 is 2.89 bits per heavy atom. The number of nitrogens with two attached hydrogens (primary N) is 1. The molecule has 1 atom stereocenters. The minimum Gasteiger partial charge on any atom is -0.493 e. The van der Waals surface area contributed by atoms with E-state index in [1.807, 2.05) is 0 Å². The first-order chi connectivity index (χ1) is 14.8. The van der Waals surface area contributed by atoms with Gasteiger partial charge in [0.05, 0.1) is 19.7 Å². The third kappa shape index (κ3) is 4.36. The molecule has 9 nitrogen and oxygen atoms in total. The summed E-state index contributed by atoms with van der Waals surface area (Å²) in [6.45, 7) is 1.29. The standard InChI is InChI=1S/C19H27N5O4/c1-24(8-5-7-21-18(25)14-6-4-9-28-14)19-22-13-11-16(27-3)15(26-2)10-12(13)17(20)23-19/h10-11,14H,4-9H2,1-3H3,(H,21,25)(H2,20,22,23)/i/hD3. The molecule has 0 radical (unpaired) electrons. The summed E-state index contributed by atoms with van der Waals surface area (Å²) in [5, 5.41) is 1.43. The predicted octanol–water partition coefficient (Wildman–Crippen LogP) is 1.35. The predicted molar refractivity (Wildman–Crippen MR) is 107 cm³/mol. The lowest BCUT2D eigenvalue weighted by molar-refractivity contribution is -0.130. The number of hydrogen-bond donors (Lipinski definition) is 2. The number of amides is 1. The molecule has 1 aliphatic heterocycles. The Morgan fingerprint density at radius 2 is 2.21 bits per heavy atom. The van der Waals surface area contributed by atoms with Crippen LogP contribution in [0.4, 0.5) is 11.8 Å². The van der Waals surface area contributed by atoms with Gasteiger partial charge in [-0.1, -0.05) is 0 Å². The van der Waals surface area contributed by atoms with Gasteiger partial charge in [0.2, 0.25) is 11.9 Å². The van der Waals surface area contributed by atoms with Gasteiger partial charge < -0.3 is 30.1 Å². The van der Waals surface area contributed by atoms with Crippen LogP contribution >= 0.6 is 0 Å². The molecule has 0 bridgehead atoms. The third-order valence-corrected chi connectivity index (χ3v) is 4.63. The number of aromatic nitrogens is 2. The summed E-state index contributed by atoms with van der Waals surface area (Å²) in [4.78, 5) is 22.8. The Labute approximate surface area is 168 Å². The fraction of sp³-hybridized carbons (Fsp3) is 0.526. The quantitative estimate of drug-likeness (QED) is 0.658. The molecule has 3 rings (SSSR count). The average Bonchev–Trinajstić information content (AvgIpc) is 3.31. The van der Waals surface area contributed by atoms with Crippen LogP contribution in [0.2, 0.25) is 4.24 Å². The first-order valence-corrected chi connectivity index (χ1v) is 9.20. The van der Waals surface area contributed by atoms with Gasteiger partial charge in [-0.25, -0.2) is 4.98 Å². The summed E-state index contributed by atoms with van der Waals surface area (Å²) in [7, 11) is 4.80. The fourth-order valence-corrected chi connectivity index (χ4v) is 3.07. The summed E-state index contributed by atoms with van der Waals surface area (Å²) in [6, 6.07) is 3.31. The SMILES string of the molecule is [2H]N(CCCN(C)c1nc(N([2H])[2H])c2cc(OC)c(OC)cc2n1)C(=O)C1CCCO1. The zero-order valence-corrected chi connectivity index (χ0v) is 16.3. The van der Waals surface area contributed by atoms with Gasteiger partial charge in [-0.2, -0.15) is 4.98 Å². The van der Waals surface area contributed by atoms with E-state index >= 15 is 0 Å². The zero-order valence-electron chi connectivity index (χ0n) is 19.3. The van der Waals surface area contributed by atoms with Crippen LogP contribution in [0.5, 0.6) is 11.5 Å². The summed E-state index contributed by atoms with van der Waals surface area (Å²) < 4.78 is 39.4. The minimum absolute atomic E-state index is 0.100. The van der Waals surface area contributed by atoms with E-state index in [2.05, 4.69) is 9.97 Å². The van der Waals surface area contributed by atoms with Crippen molar-refractivity contribution in [3.05, 3.63) is 12.1 Å². The molecule has 1 aromatic heterocycles. The van der Waals surface area contributed by atoms with Crippen molar-refractivity contribution in [2.24, 2.45) is 0 Å². The Hall–Kier alpha value is -2.81. The molecular weight excluding hydrogens is 362 g/mol. The number of benzene rings is 1. The lowest BCUT2D eigenvalue weighted by Gasteiger charge is -2.19. The number of nitrogens with one attached hydrogen (secondary N) is 1. The normalized spacial score (nSPS) is 17.5. The van der Waals surface area contributed by atoms with E-state index in [4.69, 9.17) is 18.4 Å². The Balaban J connectivity index is 1.74. The van der Waals surface area contributed by atoms with E-state index < -0.39 is 6.10 Å². The Bertz CT molecular complexity index is 927. The molecule has 0 saturated carbocycles. The van der Waals surface area contributed by atoms with Gasteiger partial charge in [-0.3, -0.25) is 4.79 Å². The molecule has 1 unspecified atom stereocenters. The summed E-state index contributed by atoms with van der Waals surface area (Å²) in [5.41, 5.74) is 0.934. The van der Waals surface area contributed by atoms with E-state index in [-0.39, 0.29) is 18.3 Å². The molecule has 0 aliphatic carbocycles. The van der Waals surface area contributed by atoms with Crippen molar-refractivity contribution in [2.75, 3.05) is 51.6 Å². The highest BCUT2D eigenvalue weighted by molar-refractivity contribution is 5.91. The lowest BCUT2D eigenvalue weighted by atomic mass is 10.2. The Kier molecular flexibility index (Phi) is 5.15. The number of nitrogen functional groups attached to an aromatic ring is 1. The van der Waals surface area contributed by atoms with Crippen molar-refractivity contribution in [2.45, 2.75) is 25.4 Å². The van der Waals surface area contributed by atoms with Crippen LogP contribution in [0.25, 0.3) is 10.9 Å². The van der Waals surface area contributed by atoms with E-state index in [0.717, 1.165) is 11.7 Å². The van der Waals surface area contributed by atoms with Crippen LogP contribution < -0.4 is 25.4 Å². The molecule has 1 amide bonds. The highest BCUT2D eigenvalue weighted by Crippen LogP contribution is 2.33. The van der Waals surface area contributed by atoms with Crippen LogP contribution in [0.15, 0.2) is 12.1 Å². The van der Waals surface area contributed by atoms with E-state index in [0.29, 0.717) is 60.1 Å². The maximum Gasteiger partial charge on any atom is 0.249 e. The molecule has 28 heavy (non-hydrogen) atoms. The molecular formula is C19H27N5O4. The van der Waals surface area contributed by atoms with Gasteiger partial charge in [0.15, 0.2) is 15.7 Å². The number of nitrogens with zero attached hydrogens (tertiary/aromatic N) is 3. The minimum atomic E-state index is -0.506. The first kappa shape index (κ1) is 16.2. The number of ether oxygens (including phenoxy) is 3. The maximum absolute atomic E-state index is 12.2. The summed E-state index contributed by atoms with van der Waals surface area (Å²) in [6.07, 6.45) is 1.52. The van der Waals surface area contributed by atoms with Gasteiger partial charge in [-0.15, -0.1) is 0 Å². The highest BCUT2D eigenvalue weighted by Gasteiger charge is 2.22. The fourth-order valence-electron chi connectivity index (χ4n) is 3.07. The Morgan fingerprint density at radius 1 is 1.43 bits per heavy atom. The summed E-state index contributed by atoms with van der Waals surface area (Å²) in [5.74, 6) is 1.04. The van der Waals surface area contributed by atoms with Crippen LogP contribution in [-0.2, 0) is 9.53 Å². The maximum atomic E-state index is 12.2. The number of fused-ring (bicyclic) bond motifs is 1. The molecule has 2 aromatic rings. The van der Waals surface area contributed by atoms with Gasteiger partial charge in [0.25, 0.3) is 0 Å². The van der Waals surface area contributed by atoms with Crippen molar-refractivity contribution in [1.82, 2.24) is 15.3 Å². The van der Waals surface area contributed by atoms with Gasteiger partial charge in [0.1, 0.15) is 11.9 Å². The second kappa shape index (κ2) is 8.92. The first-order valence-electron chi connectivity index (χ1n) is 10.5. The van der Waals surface area contributed by atoms with E-state index in [9.17, 15) is 4.79 Å². The topological polar surface area (TPSA) is 112 Å².